The maximum Gasteiger partial charge on any atom is 0.308 e. The lowest BCUT2D eigenvalue weighted by molar-refractivity contribution is -0.141. The van der Waals surface area contributed by atoms with Crippen LogP contribution in [0, 0.1) is 12.8 Å². The fraction of sp³-hybridized carbons (Fsp3) is 0.375. The normalized spacial score (nSPS) is 17.0. The van der Waals surface area contributed by atoms with Crippen LogP contribution in [0.25, 0.3) is 0 Å². The number of ether oxygens (including phenoxy) is 1. The number of aryl methyl sites for hydroxylation is 1. The summed E-state index contributed by atoms with van der Waals surface area (Å²) in [6, 6.07) is 6.85. The van der Waals surface area contributed by atoms with Crippen LogP contribution in [0.3, 0.4) is 0 Å². The van der Waals surface area contributed by atoms with E-state index in [1.165, 1.54) is 0 Å². The molecule has 126 valence electrons. The van der Waals surface area contributed by atoms with Gasteiger partial charge in [0.15, 0.2) is 6.61 Å². The van der Waals surface area contributed by atoms with Gasteiger partial charge in [0.2, 0.25) is 11.7 Å². The van der Waals surface area contributed by atoms with Gasteiger partial charge < -0.3 is 19.3 Å². The average molecular weight is 331 g/mol. The monoisotopic (exact) mass is 331 g/mol. The minimum atomic E-state index is -0.873. The largest absolute Gasteiger partial charge is 0.485 e. The minimum absolute atomic E-state index is 0.0827. The van der Waals surface area contributed by atoms with Crippen molar-refractivity contribution >= 4 is 11.9 Å². The highest BCUT2D eigenvalue weighted by atomic mass is 16.5. The number of carboxylic acid groups (broad SMARTS) is 1. The molecule has 1 amide bonds. The van der Waals surface area contributed by atoms with E-state index in [2.05, 4.69) is 10.1 Å². The number of rotatable bonds is 5. The van der Waals surface area contributed by atoms with Gasteiger partial charge in [-0.3, -0.25) is 9.59 Å². The zero-order chi connectivity index (χ0) is 17.1. The molecule has 1 aromatic heterocycles. The fourth-order valence-corrected chi connectivity index (χ4v) is 2.63. The Morgan fingerprint density at radius 2 is 2.21 bits per heavy atom. The van der Waals surface area contributed by atoms with Gasteiger partial charge in [-0.05, 0) is 18.6 Å². The third-order valence-electron chi connectivity index (χ3n) is 3.87. The second-order valence-electron chi connectivity index (χ2n) is 5.59. The highest BCUT2D eigenvalue weighted by Gasteiger charge is 2.32. The first-order chi connectivity index (χ1) is 11.5. The number of hydrogen-bond donors (Lipinski definition) is 1. The molecule has 8 nitrogen and oxygen atoms in total. The van der Waals surface area contributed by atoms with Crippen LogP contribution < -0.4 is 4.74 Å². The van der Waals surface area contributed by atoms with Crippen molar-refractivity contribution < 1.29 is 24.0 Å². The number of amides is 1. The van der Waals surface area contributed by atoms with Gasteiger partial charge in [-0.15, -0.1) is 0 Å². The smallest absolute Gasteiger partial charge is 0.308 e. The predicted octanol–water partition coefficient (Wildman–Crippen LogP) is 1.50. The van der Waals surface area contributed by atoms with E-state index in [9.17, 15) is 9.59 Å². The van der Waals surface area contributed by atoms with Gasteiger partial charge in [0.05, 0.1) is 11.5 Å². The van der Waals surface area contributed by atoms with Crippen LogP contribution in [0.15, 0.2) is 28.8 Å². The summed E-state index contributed by atoms with van der Waals surface area (Å²) >= 11 is 0. The Balaban J connectivity index is 1.71. The molecule has 1 atom stereocenters. The summed E-state index contributed by atoms with van der Waals surface area (Å²) in [6.45, 7) is 2.40. The maximum absolute atomic E-state index is 12.7. The van der Waals surface area contributed by atoms with Gasteiger partial charge in [-0.2, -0.15) is 4.98 Å². The standard InChI is InChI=1S/C16H17N3O5/c1-10-17-14(18-24-10)9-23-13-5-3-2-4-12(13)15(20)19-7-6-11(8-19)16(21)22/h2-5,11H,6-9H2,1H3,(H,21,22)/t11-/m0/s1. The lowest BCUT2D eigenvalue weighted by Crippen LogP contribution is -2.30. The van der Waals surface area contributed by atoms with Crippen molar-refractivity contribution in [1.82, 2.24) is 15.0 Å². The van der Waals surface area contributed by atoms with E-state index in [0.717, 1.165) is 0 Å². The van der Waals surface area contributed by atoms with E-state index >= 15 is 0 Å². The molecule has 0 unspecified atom stereocenters. The number of hydrogen-bond acceptors (Lipinski definition) is 6. The van der Waals surface area contributed by atoms with Gasteiger partial charge >= 0.3 is 5.97 Å². The first kappa shape index (κ1) is 16.0. The van der Waals surface area contributed by atoms with Gasteiger partial charge in [-0.25, -0.2) is 0 Å². The molecule has 0 spiro atoms. The molecule has 0 saturated carbocycles. The third kappa shape index (κ3) is 3.37. The summed E-state index contributed by atoms with van der Waals surface area (Å²) in [5.41, 5.74) is 0.392. The number of aromatic nitrogens is 2. The van der Waals surface area contributed by atoms with Crippen LogP contribution in [0.4, 0.5) is 0 Å². The molecule has 1 N–H and O–H groups in total. The zero-order valence-corrected chi connectivity index (χ0v) is 13.1. The van der Waals surface area contributed by atoms with Crippen molar-refractivity contribution in [2.75, 3.05) is 13.1 Å². The number of aliphatic carboxylic acids is 1. The highest BCUT2D eigenvalue weighted by Crippen LogP contribution is 2.24. The van der Waals surface area contributed by atoms with Crippen LogP contribution in [0.5, 0.6) is 5.75 Å². The van der Waals surface area contributed by atoms with Crippen LogP contribution in [-0.4, -0.2) is 45.1 Å². The van der Waals surface area contributed by atoms with E-state index in [1.54, 1.807) is 36.1 Å². The highest BCUT2D eigenvalue weighted by molar-refractivity contribution is 5.97. The number of carboxylic acids is 1. The number of nitrogens with zero attached hydrogens (tertiary/aromatic N) is 3. The third-order valence-corrected chi connectivity index (χ3v) is 3.87. The molecule has 1 aromatic carbocycles. The molecule has 2 aromatic rings. The molecule has 1 saturated heterocycles. The van der Waals surface area contributed by atoms with Crippen molar-refractivity contribution in [1.29, 1.82) is 0 Å². The summed E-state index contributed by atoms with van der Waals surface area (Å²) in [7, 11) is 0. The zero-order valence-electron chi connectivity index (χ0n) is 13.1. The minimum Gasteiger partial charge on any atom is -0.485 e. The molecule has 1 fully saturated rings. The summed E-state index contributed by atoms with van der Waals surface area (Å²) in [4.78, 5) is 29.3. The number of benzene rings is 1. The summed E-state index contributed by atoms with van der Waals surface area (Å²) in [6.07, 6.45) is 0.465. The average Bonchev–Trinajstić information content (AvgIpc) is 3.22. The molecule has 1 aliphatic rings. The first-order valence-electron chi connectivity index (χ1n) is 7.57. The number of carbonyl (C=O) groups is 2. The Kier molecular flexibility index (Phi) is 4.45. The molecule has 0 bridgehead atoms. The lowest BCUT2D eigenvalue weighted by atomic mass is 10.1. The molecule has 2 heterocycles. The van der Waals surface area contributed by atoms with Crippen molar-refractivity contribution in [3.05, 3.63) is 41.5 Å². The Labute approximate surface area is 138 Å². The second kappa shape index (κ2) is 6.69. The number of carbonyl (C=O) groups excluding carboxylic acids is 1. The summed E-state index contributed by atoms with van der Waals surface area (Å²) in [5.74, 6) is -0.384. The number of para-hydroxylation sites is 1. The first-order valence-corrected chi connectivity index (χ1v) is 7.57. The van der Waals surface area contributed by atoms with Crippen LogP contribution in [0.2, 0.25) is 0 Å². The Bertz CT molecular complexity index is 758. The maximum atomic E-state index is 12.7. The molecule has 24 heavy (non-hydrogen) atoms. The molecular formula is C16H17N3O5. The molecule has 8 heteroatoms. The van der Waals surface area contributed by atoms with Crippen LogP contribution in [-0.2, 0) is 11.4 Å². The van der Waals surface area contributed by atoms with E-state index in [4.69, 9.17) is 14.4 Å². The van der Waals surface area contributed by atoms with Crippen LogP contribution in [0.1, 0.15) is 28.5 Å². The summed E-state index contributed by atoms with van der Waals surface area (Å²) < 4.78 is 10.5. The van der Waals surface area contributed by atoms with Gasteiger partial charge in [0.1, 0.15) is 5.75 Å². The quantitative estimate of drug-likeness (QED) is 0.885. The van der Waals surface area contributed by atoms with E-state index in [-0.39, 0.29) is 19.1 Å². The second-order valence-corrected chi connectivity index (χ2v) is 5.59. The Morgan fingerprint density at radius 3 is 2.88 bits per heavy atom. The van der Waals surface area contributed by atoms with Gasteiger partial charge in [0.25, 0.3) is 5.91 Å². The molecule has 3 rings (SSSR count). The molecular weight excluding hydrogens is 314 g/mol. The Morgan fingerprint density at radius 1 is 1.42 bits per heavy atom. The fourth-order valence-electron chi connectivity index (χ4n) is 2.63. The van der Waals surface area contributed by atoms with Gasteiger partial charge in [0, 0.05) is 20.0 Å². The topological polar surface area (TPSA) is 106 Å². The molecule has 1 aliphatic heterocycles. The van der Waals surface area contributed by atoms with Crippen molar-refractivity contribution in [2.45, 2.75) is 20.0 Å². The SMILES string of the molecule is Cc1nc(COc2ccccc2C(=O)N2CC[C@H](C(=O)O)C2)no1. The van der Waals surface area contributed by atoms with E-state index in [0.29, 0.717) is 36.0 Å². The predicted molar refractivity (Wildman–Crippen MR) is 81.5 cm³/mol. The van der Waals surface area contributed by atoms with Crippen molar-refractivity contribution in [3.8, 4) is 5.75 Å². The lowest BCUT2D eigenvalue weighted by Gasteiger charge is -2.18. The summed E-state index contributed by atoms with van der Waals surface area (Å²) in [5, 5.41) is 12.8. The molecule has 0 radical (unpaired) electrons. The molecule has 0 aliphatic carbocycles. The number of likely N-dealkylation sites (tertiary alicyclic amines) is 1. The van der Waals surface area contributed by atoms with Crippen molar-refractivity contribution in [2.24, 2.45) is 5.92 Å². The van der Waals surface area contributed by atoms with Crippen LogP contribution >= 0.6 is 0 Å². The van der Waals surface area contributed by atoms with Crippen molar-refractivity contribution in [3.63, 3.8) is 0 Å². The van der Waals surface area contributed by atoms with E-state index < -0.39 is 11.9 Å². The Hall–Kier alpha value is -2.90. The van der Waals surface area contributed by atoms with Gasteiger partial charge in [-0.1, -0.05) is 17.3 Å². The van der Waals surface area contributed by atoms with E-state index in [1.807, 2.05) is 0 Å².